The van der Waals surface area contributed by atoms with E-state index in [1.54, 1.807) is 48.5 Å². The molecule has 152 valence electrons. The number of hydrogen-bond acceptors (Lipinski definition) is 7. The summed E-state index contributed by atoms with van der Waals surface area (Å²) in [7, 11) is 0. The van der Waals surface area contributed by atoms with Gasteiger partial charge in [0.05, 0.1) is 28.1 Å². The molecule has 31 heavy (non-hydrogen) atoms. The van der Waals surface area contributed by atoms with Crippen LogP contribution in [0.5, 0.6) is 5.75 Å². The van der Waals surface area contributed by atoms with Gasteiger partial charge in [-0.1, -0.05) is 54.6 Å². The zero-order valence-electron chi connectivity index (χ0n) is 16.2. The van der Waals surface area contributed by atoms with E-state index in [2.05, 4.69) is 20.5 Å². The number of hydrazone groups is 1. The van der Waals surface area contributed by atoms with Gasteiger partial charge in [-0.2, -0.15) is 5.10 Å². The van der Waals surface area contributed by atoms with Crippen molar-refractivity contribution in [1.29, 1.82) is 0 Å². The number of aromatic nitrogens is 2. The van der Waals surface area contributed by atoms with Crippen molar-refractivity contribution in [1.82, 2.24) is 9.97 Å². The second kappa shape index (κ2) is 8.83. The van der Waals surface area contributed by atoms with Crippen LogP contribution in [0.2, 0.25) is 0 Å². The first-order valence-electron chi connectivity index (χ1n) is 9.37. The van der Waals surface area contributed by atoms with E-state index in [-0.39, 0.29) is 17.4 Å². The van der Waals surface area contributed by atoms with Crippen molar-refractivity contribution < 1.29 is 10.0 Å². The van der Waals surface area contributed by atoms with E-state index < -0.39 is 4.92 Å². The summed E-state index contributed by atoms with van der Waals surface area (Å²) in [6, 6.07) is 24.5. The zero-order valence-corrected chi connectivity index (χ0v) is 16.2. The molecule has 3 aromatic carbocycles. The summed E-state index contributed by atoms with van der Waals surface area (Å²) in [5, 5.41) is 25.5. The summed E-state index contributed by atoms with van der Waals surface area (Å²) in [5.41, 5.74) is 5.60. The average molecular weight is 411 g/mol. The van der Waals surface area contributed by atoms with Gasteiger partial charge >= 0.3 is 0 Å². The number of nitrogens with one attached hydrogen (secondary N) is 1. The third-order valence-electron chi connectivity index (χ3n) is 4.48. The lowest BCUT2D eigenvalue weighted by Crippen LogP contribution is -2.01. The van der Waals surface area contributed by atoms with Gasteiger partial charge in [-0.05, 0) is 24.3 Å². The van der Waals surface area contributed by atoms with Crippen molar-refractivity contribution in [3.63, 3.8) is 0 Å². The van der Waals surface area contributed by atoms with Gasteiger partial charge in [-0.3, -0.25) is 10.1 Å². The summed E-state index contributed by atoms with van der Waals surface area (Å²) in [6.07, 6.45) is 1.34. The van der Waals surface area contributed by atoms with Crippen LogP contribution < -0.4 is 5.43 Å². The monoisotopic (exact) mass is 411 g/mol. The van der Waals surface area contributed by atoms with Gasteiger partial charge in [0.1, 0.15) is 5.75 Å². The van der Waals surface area contributed by atoms with Crippen LogP contribution in [-0.2, 0) is 0 Å². The summed E-state index contributed by atoms with van der Waals surface area (Å²) in [6.45, 7) is 0. The standard InChI is InChI=1S/C23H17N5O3/c29-22-13-7-5-11-18(22)20-14-19(16-8-2-1-3-9-16)25-23(26-20)27-24-15-17-10-4-6-12-21(17)28(30)31/h1-15,29H,(H,25,26,27). The summed E-state index contributed by atoms with van der Waals surface area (Å²) >= 11 is 0. The van der Waals surface area contributed by atoms with Crippen molar-refractivity contribution in [2.75, 3.05) is 5.43 Å². The van der Waals surface area contributed by atoms with E-state index in [4.69, 9.17) is 0 Å². The van der Waals surface area contributed by atoms with Crippen molar-refractivity contribution in [3.8, 4) is 28.3 Å². The van der Waals surface area contributed by atoms with Crippen LogP contribution in [0.4, 0.5) is 11.6 Å². The Balaban J connectivity index is 1.71. The molecule has 8 nitrogen and oxygen atoms in total. The minimum absolute atomic E-state index is 0.0538. The molecule has 0 saturated carbocycles. The quantitative estimate of drug-likeness (QED) is 0.266. The number of nitrogens with zero attached hydrogens (tertiary/aromatic N) is 4. The number of anilines is 1. The third-order valence-corrected chi connectivity index (χ3v) is 4.48. The Labute approximate surface area is 177 Å². The maximum atomic E-state index is 11.2. The summed E-state index contributed by atoms with van der Waals surface area (Å²) in [5.74, 6) is 0.281. The number of hydrogen-bond donors (Lipinski definition) is 2. The number of para-hydroxylation sites is 2. The fraction of sp³-hybridized carbons (Fsp3) is 0. The predicted molar refractivity (Wildman–Crippen MR) is 119 cm³/mol. The van der Waals surface area contributed by atoms with Crippen LogP contribution >= 0.6 is 0 Å². The fourth-order valence-electron chi connectivity index (χ4n) is 3.00. The molecule has 1 heterocycles. The Kier molecular flexibility index (Phi) is 5.62. The lowest BCUT2D eigenvalue weighted by molar-refractivity contribution is -0.385. The SMILES string of the molecule is O=[N+]([O-])c1ccccc1C=NNc1nc(-c2ccccc2)cc(-c2ccccc2O)n1. The molecule has 0 fully saturated rings. The van der Waals surface area contributed by atoms with Gasteiger partial charge in [-0.25, -0.2) is 15.4 Å². The highest BCUT2D eigenvalue weighted by atomic mass is 16.6. The van der Waals surface area contributed by atoms with Crippen molar-refractivity contribution in [2.24, 2.45) is 5.10 Å². The first-order chi connectivity index (χ1) is 15.1. The molecule has 0 radical (unpaired) electrons. The lowest BCUT2D eigenvalue weighted by Gasteiger charge is -2.09. The number of aromatic hydroxyl groups is 1. The fourth-order valence-corrected chi connectivity index (χ4v) is 3.00. The maximum absolute atomic E-state index is 11.2. The molecule has 8 heteroatoms. The molecule has 2 N–H and O–H groups in total. The molecule has 0 unspecified atom stereocenters. The second-order valence-electron chi connectivity index (χ2n) is 6.53. The van der Waals surface area contributed by atoms with Crippen molar-refractivity contribution in [2.45, 2.75) is 0 Å². The van der Waals surface area contributed by atoms with Gasteiger partial charge < -0.3 is 5.11 Å². The van der Waals surface area contributed by atoms with Crippen LogP contribution in [0, 0.1) is 10.1 Å². The van der Waals surface area contributed by atoms with Crippen LogP contribution in [0.3, 0.4) is 0 Å². The highest BCUT2D eigenvalue weighted by Gasteiger charge is 2.12. The maximum Gasteiger partial charge on any atom is 0.278 e. The number of nitro groups is 1. The Bertz CT molecular complexity index is 1260. The average Bonchev–Trinajstić information content (AvgIpc) is 2.80. The Morgan fingerprint density at radius 3 is 2.35 bits per heavy atom. The van der Waals surface area contributed by atoms with E-state index in [0.29, 0.717) is 22.5 Å². The summed E-state index contributed by atoms with van der Waals surface area (Å²) in [4.78, 5) is 19.6. The van der Waals surface area contributed by atoms with Gasteiger partial charge in [0.2, 0.25) is 5.95 Å². The predicted octanol–water partition coefficient (Wildman–Crippen LogP) is 4.87. The van der Waals surface area contributed by atoms with Crippen LogP contribution in [-0.4, -0.2) is 26.2 Å². The third kappa shape index (κ3) is 4.54. The molecule has 0 atom stereocenters. The summed E-state index contributed by atoms with van der Waals surface area (Å²) < 4.78 is 0. The van der Waals surface area contributed by atoms with E-state index in [1.807, 2.05) is 30.3 Å². The smallest absolute Gasteiger partial charge is 0.278 e. The first kappa shape index (κ1) is 19.7. The second-order valence-corrected chi connectivity index (χ2v) is 6.53. The highest BCUT2D eigenvalue weighted by Crippen LogP contribution is 2.30. The molecule has 0 amide bonds. The molecule has 0 spiro atoms. The van der Waals surface area contributed by atoms with Crippen molar-refractivity contribution in [3.05, 3.63) is 101 Å². The largest absolute Gasteiger partial charge is 0.507 e. The Morgan fingerprint density at radius 1 is 0.903 bits per heavy atom. The minimum Gasteiger partial charge on any atom is -0.507 e. The number of phenolic OH excluding ortho intramolecular Hbond substituents is 1. The van der Waals surface area contributed by atoms with E-state index in [0.717, 1.165) is 5.56 Å². The normalized spacial score (nSPS) is 10.8. The number of nitro benzene ring substituents is 1. The van der Waals surface area contributed by atoms with Gasteiger partial charge in [-0.15, -0.1) is 0 Å². The van der Waals surface area contributed by atoms with E-state index >= 15 is 0 Å². The number of benzene rings is 3. The zero-order chi connectivity index (χ0) is 21.6. The van der Waals surface area contributed by atoms with Gasteiger partial charge in [0, 0.05) is 17.2 Å². The molecule has 0 aliphatic heterocycles. The van der Waals surface area contributed by atoms with Gasteiger partial charge in [0.25, 0.3) is 5.69 Å². The molecule has 1 aromatic heterocycles. The number of phenols is 1. The Morgan fingerprint density at radius 2 is 1.58 bits per heavy atom. The van der Waals surface area contributed by atoms with Crippen LogP contribution in [0.15, 0.2) is 90.0 Å². The topological polar surface area (TPSA) is 114 Å². The minimum atomic E-state index is -0.468. The number of rotatable bonds is 6. The van der Waals surface area contributed by atoms with Crippen LogP contribution in [0.1, 0.15) is 5.56 Å². The molecule has 4 rings (SSSR count). The first-order valence-corrected chi connectivity index (χ1v) is 9.37. The van der Waals surface area contributed by atoms with E-state index in [9.17, 15) is 15.2 Å². The molecular weight excluding hydrogens is 394 g/mol. The van der Waals surface area contributed by atoms with Gasteiger partial charge in [0.15, 0.2) is 0 Å². The molecule has 0 aliphatic carbocycles. The van der Waals surface area contributed by atoms with Crippen molar-refractivity contribution >= 4 is 17.9 Å². The molecule has 0 aliphatic rings. The molecular formula is C23H17N5O3. The molecule has 4 aromatic rings. The molecule has 0 bridgehead atoms. The lowest BCUT2D eigenvalue weighted by atomic mass is 10.1. The van der Waals surface area contributed by atoms with E-state index in [1.165, 1.54) is 12.3 Å². The van der Waals surface area contributed by atoms with Crippen LogP contribution in [0.25, 0.3) is 22.5 Å². The Hall–Kier alpha value is -4.59. The highest BCUT2D eigenvalue weighted by molar-refractivity contribution is 5.85. The molecule has 0 saturated heterocycles.